The fraction of sp³-hybridized carbons (Fsp3) is 0.833. The van der Waals surface area contributed by atoms with Gasteiger partial charge in [0.25, 0.3) is 5.91 Å². The van der Waals surface area contributed by atoms with Crippen molar-refractivity contribution in [1.82, 2.24) is 0 Å². The van der Waals surface area contributed by atoms with Crippen LogP contribution in [0, 0.1) is 5.92 Å². The normalized spacial score (nSPS) is 14.2. The highest BCUT2D eigenvalue weighted by Gasteiger charge is 2.10. The molecule has 11 heavy (non-hydrogen) atoms. The van der Waals surface area contributed by atoms with Crippen LogP contribution in [0.15, 0.2) is 4.36 Å². The third-order valence-corrected chi connectivity index (χ3v) is 1.70. The molecule has 0 heterocycles. The van der Waals surface area contributed by atoms with E-state index in [9.17, 15) is 9.00 Å². The zero-order valence-corrected chi connectivity index (χ0v) is 7.85. The number of amides is 1. The van der Waals surface area contributed by atoms with Crippen LogP contribution in [0.1, 0.15) is 6.92 Å². The predicted octanol–water partition coefficient (Wildman–Crippen LogP) is -0.165. The van der Waals surface area contributed by atoms with Crippen molar-refractivity contribution in [2.24, 2.45) is 16.0 Å². The maximum Gasteiger partial charge on any atom is 0.257 e. The van der Waals surface area contributed by atoms with Crippen LogP contribution in [-0.2, 0) is 14.5 Å². The first-order chi connectivity index (χ1) is 4.87. The molecule has 0 aromatic carbocycles. The van der Waals surface area contributed by atoms with Gasteiger partial charge in [-0.15, -0.1) is 0 Å². The van der Waals surface area contributed by atoms with Gasteiger partial charge in [0.05, 0.1) is 5.92 Å². The molecule has 0 fully saturated rings. The molecule has 0 aromatic rings. The van der Waals surface area contributed by atoms with Crippen LogP contribution in [0.25, 0.3) is 0 Å². The number of nitrogens with two attached hydrogens (primary N) is 1. The number of hydrogen-bond donors (Lipinski definition) is 1. The van der Waals surface area contributed by atoms with Gasteiger partial charge in [0.1, 0.15) is 0 Å². The Morgan fingerprint density at radius 1 is 1.64 bits per heavy atom. The zero-order chi connectivity index (χ0) is 9.07. The van der Waals surface area contributed by atoms with Gasteiger partial charge in [-0.2, -0.15) is 4.36 Å². The highest BCUT2D eigenvalue weighted by Crippen LogP contribution is 1.97. The average molecular weight is 178 g/mol. The first-order valence-corrected chi connectivity index (χ1v) is 5.61. The van der Waals surface area contributed by atoms with Crippen LogP contribution in [0.5, 0.6) is 0 Å². The molecule has 0 bridgehead atoms. The Labute approximate surface area is 67.3 Å². The van der Waals surface area contributed by atoms with Gasteiger partial charge >= 0.3 is 0 Å². The molecule has 5 heteroatoms. The Kier molecular flexibility index (Phi) is 3.68. The molecule has 0 spiro atoms. The van der Waals surface area contributed by atoms with Crippen LogP contribution in [0.3, 0.4) is 0 Å². The molecule has 2 N–H and O–H groups in total. The maximum absolute atomic E-state index is 11.0. The van der Waals surface area contributed by atoms with Crippen LogP contribution in [0.4, 0.5) is 0 Å². The van der Waals surface area contributed by atoms with Crippen LogP contribution < -0.4 is 5.73 Å². The summed E-state index contributed by atoms with van der Waals surface area (Å²) in [5.41, 5.74) is 5.22. The largest absolute Gasteiger partial charge is 0.330 e. The van der Waals surface area contributed by atoms with E-state index in [0.717, 1.165) is 0 Å². The van der Waals surface area contributed by atoms with Gasteiger partial charge in [0, 0.05) is 28.8 Å². The lowest BCUT2D eigenvalue weighted by Crippen LogP contribution is -2.19. The zero-order valence-electron chi connectivity index (χ0n) is 7.03. The molecule has 66 valence electrons. The van der Waals surface area contributed by atoms with E-state index in [2.05, 4.69) is 4.36 Å². The molecule has 0 radical (unpaired) electrons. The summed E-state index contributed by atoms with van der Waals surface area (Å²) >= 11 is 0. The van der Waals surface area contributed by atoms with Gasteiger partial charge in [-0.05, 0) is 0 Å². The quantitative estimate of drug-likeness (QED) is 0.638. The lowest BCUT2D eigenvalue weighted by molar-refractivity contribution is -0.120. The van der Waals surface area contributed by atoms with Crippen LogP contribution >= 0.6 is 0 Å². The Morgan fingerprint density at radius 3 is 2.36 bits per heavy atom. The molecular formula is C6H14N2O2S. The standard InChI is InChI=1S/C6H14N2O2S/c1-5(4-7)6(9)8-11(2,3)10/h5H,4,7H2,1-3H3. The average Bonchev–Trinajstić information content (AvgIpc) is 1.82. The van der Waals surface area contributed by atoms with E-state index in [-0.39, 0.29) is 18.4 Å². The van der Waals surface area contributed by atoms with Gasteiger partial charge in [-0.25, -0.2) is 4.21 Å². The number of rotatable bonds is 2. The van der Waals surface area contributed by atoms with Gasteiger partial charge in [0.15, 0.2) is 0 Å². The van der Waals surface area contributed by atoms with E-state index >= 15 is 0 Å². The smallest absolute Gasteiger partial charge is 0.257 e. The number of nitrogens with zero attached hydrogens (tertiary/aromatic N) is 1. The predicted molar refractivity (Wildman–Crippen MR) is 45.6 cm³/mol. The van der Waals surface area contributed by atoms with Crippen molar-refractivity contribution < 1.29 is 9.00 Å². The van der Waals surface area contributed by atoms with Crippen molar-refractivity contribution in [3.05, 3.63) is 0 Å². The fourth-order valence-electron chi connectivity index (χ4n) is 0.407. The molecule has 0 saturated heterocycles. The van der Waals surface area contributed by atoms with E-state index in [1.807, 2.05) is 0 Å². The molecule has 0 aliphatic rings. The summed E-state index contributed by atoms with van der Waals surface area (Å²) in [4.78, 5) is 11.0. The molecule has 0 rings (SSSR count). The van der Waals surface area contributed by atoms with Gasteiger partial charge < -0.3 is 5.73 Å². The van der Waals surface area contributed by atoms with E-state index in [4.69, 9.17) is 5.73 Å². The van der Waals surface area contributed by atoms with Crippen molar-refractivity contribution in [1.29, 1.82) is 0 Å². The molecule has 0 saturated carbocycles. The van der Waals surface area contributed by atoms with Crippen LogP contribution in [-0.4, -0.2) is 29.2 Å². The molecule has 1 atom stereocenters. The SMILES string of the molecule is CC(CN)C(=O)N=S(C)(C)=O. The van der Waals surface area contributed by atoms with Crippen molar-refractivity contribution in [2.75, 3.05) is 19.1 Å². The minimum absolute atomic E-state index is 0.248. The lowest BCUT2D eigenvalue weighted by atomic mass is 10.2. The molecule has 1 amide bonds. The van der Waals surface area contributed by atoms with Crippen molar-refractivity contribution in [3.63, 3.8) is 0 Å². The third-order valence-electron chi connectivity index (χ3n) is 1.08. The monoisotopic (exact) mass is 178 g/mol. The molecule has 1 unspecified atom stereocenters. The molecular weight excluding hydrogens is 164 g/mol. The Bertz CT molecular complexity index is 245. The molecule has 0 aliphatic heterocycles. The fourth-order valence-corrected chi connectivity index (χ4v) is 1.02. The second kappa shape index (κ2) is 3.82. The second-order valence-corrected chi connectivity index (χ2v) is 5.29. The summed E-state index contributed by atoms with van der Waals surface area (Å²) in [6.45, 7) is 1.91. The summed E-state index contributed by atoms with van der Waals surface area (Å²) in [5, 5.41) is 0. The van der Waals surface area contributed by atoms with E-state index in [0.29, 0.717) is 0 Å². The second-order valence-electron chi connectivity index (χ2n) is 2.75. The van der Waals surface area contributed by atoms with Gasteiger partial charge in [-0.3, -0.25) is 4.79 Å². The van der Waals surface area contributed by atoms with E-state index in [1.54, 1.807) is 6.92 Å². The minimum Gasteiger partial charge on any atom is -0.330 e. The highest BCUT2D eigenvalue weighted by molar-refractivity contribution is 7.92. The Balaban J connectivity index is 4.44. The first kappa shape index (κ1) is 10.6. The number of carbonyl (C=O) groups excluding carboxylic acids is 1. The maximum atomic E-state index is 11.0. The highest BCUT2D eigenvalue weighted by atomic mass is 32.2. The van der Waals surface area contributed by atoms with Crippen molar-refractivity contribution >= 4 is 15.6 Å². The van der Waals surface area contributed by atoms with E-state index in [1.165, 1.54) is 12.5 Å². The van der Waals surface area contributed by atoms with Gasteiger partial charge in [-0.1, -0.05) is 6.92 Å². The molecule has 0 aromatic heterocycles. The number of carbonyl (C=O) groups is 1. The third kappa shape index (κ3) is 4.92. The molecule has 4 nitrogen and oxygen atoms in total. The number of hydrogen-bond acceptors (Lipinski definition) is 3. The van der Waals surface area contributed by atoms with Crippen LogP contribution in [0.2, 0.25) is 0 Å². The Hall–Kier alpha value is -0.420. The summed E-state index contributed by atoms with van der Waals surface area (Å²) in [5.74, 6) is -0.696. The van der Waals surface area contributed by atoms with Crippen molar-refractivity contribution in [2.45, 2.75) is 6.92 Å². The van der Waals surface area contributed by atoms with Crippen molar-refractivity contribution in [3.8, 4) is 0 Å². The summed E-state index contributed by atoms with van der Waals surface area (Å²) in [6, 6.07) is 0. The van der Waals surface area contributed by atoms with E-state index < -0.39 is 9.73 Å². The summed E-state index contributed by atoms with van der Waals surface area (Å²) < 4.78 is 14.5. The van der Waals surface area contributed by atoms with Gasteiger partial charge in [0.2, 0.25) is 0 Å². The lowest BCUT2D eigenvalue weighted by Gasteiger charge is -2.01. The Morgan fingerprint density at radius 2 is 2.09 bits per heavy atom. The molecule has 0 aliphatic carbocycles. The topological polar surface area (TPSA) is 72.5 Å². The minimum atomic E-state index is -2.31. The summed E-state index contributed by atoms with van der Waals surface area (Å²) in [6.07, 6.45) is 2.85. The summed E-state index contributed by atoms with van der Waals surface area (Å²) in [7, 11) is -2.31. The first-order valence-electron chi connectivity index (χ1n) is 3.28.